The molecule has 0 aromatic heterocycles. The van der Waals surface area contributed by atoms with Gasteiger partial charge in [0.25, 0.3) is 15.7 Å². The van der Waals surface area contributed by atoms with E-state index in [-0.39, 0.29) is 10.6 Å². The van der Waals surface area contributed by atoms with Crippen molar-refractivity contribution in [2.75, 3.05) is 14.1 Å². The van der Waals surface area contributed by atoms with Gasteiger partial charge in [-0.15, -0.1) is 0 Å². The number of sulfonamides is 1. The second-order valence-corrected chi connectivity index (χ2v) is 5.37. The third-order valence-electron chi connectivity index (χ3n) is 1.91. The number of carbonyl (C=O) groups is 1. The molecule has 0 heterocycles. The van der Waals surface area contributed by atoms with Gasteiger partial charge in [-0.25, -0.2) is 22.9 Å². The summed E-state index contributed by atoms with van der Waals surface area (Å²) in [5, 5.41) is 11.7. The number of hydrazine groups is 1. The maximum Gasteiger partial charge on any atom is 0.343 e. The van der Waals surface area contributed by atoms with E-state index < -0.39 is 21.0 Å². The fourth-order valence-corrected chi connectivity index (χ4v) is 2.06. The van der Waals surface area contributed by atoms with Gasteiger partial charge in [0.1, 0.15) is 0 Å². The third-order valence-corrected chi connectivity index (χ3v) is 3.26. The molecule has 0 fully saturated rings. The lowest BCUT2D eigenvalue weighted by Gasteiger charge is -2.12. The minimum Gasteiger partial charge on any atom is -0.270 e. The first-order valence-electron chi connectivity index (χ1n) is 4.97. The van der Waals surface area contributed by atoms with E-state index in [2.05, 4.69) is 5.43 Å². The first kappa shape index (κ1) is 14.9. The van der Waals surface area contributed by atoms with Gasteiger partial charge in [0, 0.05) is 26.2 Å². The van der Waals surface area contributed by atoms with E-state index in [1.165, 1.54) is 19.1 Å². The molecule has 1 rings (SSSR count). The molecule has 0 unspecified atom stereocenters. The minimum absolute atomic E-state index is 0.239. The van der Waals surface area contributed by atoms with Gasteiger partial charge in [-0.1, -0.05) is 0 Å². The number of nitro groups is 1. The molecule has 9 nitrogen and oxygen atoms in total. The Labute approximate surface area is 109 Å². The van der Waals surface area contributed by atoms with E-state index in [9.17, 15) is 23.3 Å². The summed E-state index contributed by atoms with van der Waals surface area (Å²) in [6.45, 7) is 0. The highest BCUT2D eigenvalue weighted by atomic mass is 32.2. The van der Waals surface area contributed by atoms with Crippen molar-refractivity contribution in [2.45, 2.75) is 4.90 Å². The smallest absolute Gasteiger partial charge is 0.270 e. The van der Waals surface area contributed by atoms with E-state index in [1.807, 2.05) is 0 Å². The Morgan fingerprint density at radius 1 is 1.26 bits per heavy atom. The Kier molecular flexibility index (Phi) is 4.40. The average Bonchev–Trinajstić information content (AvgIpc) is 2.27. The predicted octanol–water partition coefficient (Wildman–Crippen LogP) is 0.0593. The van der Waals surface area contributed by atoms with Crippen LogP contribution in [0.4, 0.5) is 10.5 Å². The molecular weight excluding hydrogens is 276 g/mol. The van der Waals surface area contributed by atoms with E-state index >= 15 is 0 Å². The van der Waals surface area contributed by atoms with Crippen molar-refractivity contribution in [1.29, 1.82) is 0 Å². The van der Waals surface area contributed by atoms with Crippen LogP contribution in [0.5, 0.6) is 0 Å². The van der Waals surface area contributed by atoms with Crippen LogP contribution in [-0.2, 0) is 10.0 Å². The molecule has 0 spiro atoms. The molecule has 0 aliphatic rings. The highest BCUT2D eigenvalue weighted by Gasteiger charge is 2.18. The zero-order valence-corrected chi connectivity index (χ0v) is 11.0. The molecule has 0 bridgehead atoms. The minimum atomic E-state index is -4.06. The molecule has 1 aromatic rings. The number of nitrogens with zero attached hydrogens (tertiary/aromatic N) is 2. The molecule has 104 valence electrons. The molecular formula is C9H12N4O5S. The van der Waals surface area contributed by atoms with Crippen molar-refractivity contribution in [1.82, 2.24) is 15.2 Å². The van der Waals surface area contributed by atoms with Crippen molar-refractivity contribution < 1.29 is 18.1 Å². The number of hydrogen-bond donors (Lipinski definition) is 2. The normalized spacial score (nSPS) is 11.1. The number of amides is 2. The van der Waals surface area contributed by atoms with Crippen LogP contribution < -0.4 is 10.1 Å². The molecule has 19 heavy (non-hydrogen) atoms. The molecule has 0 aliphatic carbocycles. The SMILES string of the molecule is CN(C)NC(=O)NS(=O)(=O)c1ccc([N+](=O)[O-])cc1. The maximum atomic E-state index is 11.7. The van der Waals surface area contributed by atoms with Crippen molar-refractivity contribution in [2.24, 2.45) is 0 Å². The second-order valence-electron chi connectivity index (χ2n) is 3.69. The number of rotatable bonds is 4. The first-order chi connectivity index (χ1) is 8.72. The van der Waals surface area contributed by atoms with Crippen molar-refractivity contribution in [3.8, 4) is 0 Å². The standard InChI is InChI=1S/C9H12N4O5S/c1-12(2)10-9(14)11-19(17,18)8-5-3-7(4-6-8)13(15)16/h3-6H,1-2H3,(H2,10,11,14). The molecule has 1 aromatic carbocycles. The van der Waals surface area contributed by atoms with Gasteiger partial charge in [0.2, 0.25) is 0 Å². The van der Waals surface area contributed by atoms with Gasteiger partial charge in [-0.3, -0.25) is 15.5 Å². The molecule has 0 atom stereocenters. The van der Waals surface area contributed by atoms with Crippen LogP contribution in [0.25, 0.3) is 0 Å². The van der Waals surface area contributed by atoms with Gasteiger partial charge in [-0.2, -0.15) is 0 Å². The van der Waals surface area contributed by atoms with Crippen molar-refractivity contribution >= 4 is 21.7 Å². The Balaban J connectivity index is 2.88. The van der Waals surface area contributed by atoms with Crippen LogP contribution in [0, 0.1) is 10.1 Å². The molecule has 0 saturated heterocycles. The van der Waals surface area contributed by atoms with Gasteiger partial charge < -0.3 is 0 Å². The highest BCUT2D eigenvalue weighted by Crippen LogP contribution is 2.15. The summed E-state index contributed by atoms with van der Waals surface area (Å²) in [6, 6.07) is 3.24. The van der Waals surface area contributed by atoms with Gasteiger partial charge in [0.05, 0.1) is 9.82 Å². The van der Waals surface area contributed by atoms with E-state index in [0.29, 0.717) is 0 Å². The van der Waals surface area contributed by atoms with Gasteiger partial charge in [-0.05, 0) is 12.1 Å². The molecule has 2 amide bonds. The van der Waals surface area contributed by atoms with Crippen LogP contribution in [0.15, 0.2) is 29.2 Å². The van der Waals surface area contributed by atoms with Crippen molar-refractivity contribution in [3.63, 3.8) is 0 Å². The van der Waals surface area contributed by atoms with Crippen LogP contribution in [0.1, 0.15) is 0 Å². The fourth-order valence-electron chi connectivity index (χ4n) is 1.15. The van der Waals surface area contributed by atoms with Crippen LogP contribution >= 0.6 is 0 Å². The summed E-state index contributed by atoms with van der Waals surface area (Å²) < 4.78 is 25.3. The summed E-state index contributed by atoms with van der Waals surface area (Å²) in [7, 11) is -1.03. The number of nitro benzene ring substituents is 1. The Morgan fingerprint density at radius 2 is 1.79 bits per heavy atom. The predicted molar refractivity (Wildman–Crippen MR) is 65.6 cm³/mol. The molecule has 2 N–H and O–H groups in total. The number of benzene rings is 1. The molecule has 0 radical (unpaired) electrons. The fraction of sp³-hybridized carbons (Fsp3) is 0.222. The van der Waals surface area contributed by atoms with Gasteiger partial charge >= 0.3 is 6.03 Å². The number of non-ortho nitro benzene ring substituents is 1. The maximum absolute atomic E-state index is 11.7. The number of carbonyl (C=O) groups excluding carboxylic acids is 1. The summed E-state index contributed by atoms with van der Waals surface area (Å²) >= 11 is 0. The lowest BCUT2D eigenvalue weighted by molar-refractivity contribution is -0.384. The number of urea groups is 1. The summed E-state index contributed by atoms with van der Waals surface area (Å²) in [5.74, 6) is 0. The van der Waals surface area contributed by atoms with Gasteiger partial charge in [0.15, 0.2) is 0 Å². The monoisotopic (exact) mass is 288 g/mol. The average molecular weight is 288 g/mol. The Bertz CT molecular complexity index is 581. The lowest BCUT2D eigenvalue weighted by atomic mass is 10.3. The molecule has 0 aliphatic heterocycles. The van der Waals surface area contributed by atoms with Crippen LogP contribution in [0.2, 0.25) is 0 Å². The Hall–Kier alpha value is -2.20. The van der Waals surface area contributed by atoms with E-state index in [4.69, 9.17) is 0 Å². The third kappa shape index (κ3) is 4.19. The Morgan fingerprint density at radius 3 is 2.21 bits per heavy atom. The van der Waals surface area contributed by atoms with E-state index in [0.717, 1.165) is 24.3 Å². The van der Waals surface area contributed by atoms with E-state index in [1.54, 1.807) is 4.72 Å². The lowest BCUT2D eigenvalue weighted by Crippen LogP contribution is -2.45. The number of hydrogen-bond acceptors (Lipinski definition) is 6. The van der Waals surface area contributed by atoms with Crippen LogP contribution in [-0.4, -0.2) is 38.5 Å². The topological polar surface area (TPSA) is 122 Å². The zero-order chi connectivity index (χ0) is 14.6. The summed E-state index contributed by atoms with van der Waals surface area (Å²) in [6.07, 6.45) is 0. The summed E-state index contributed by atoms with van der Waals surface area (Å²) in [5.41, 5.74) is 1.95. The molecule has 10 heteroatoms. The highest BCUT2D eigenvalue weighted by molar-refractivity contribution is 7.90. The molecule has 0 saturated carbocycles. The largest absolute Gasteiger partial charge is 0.343 e. The van der Waals surface area contributed by atoms with Crippen LogP contribution in [0.3, 0.4) is 0 Å². The summed E-state index contributed by atoms with van der Waals surface area (Å²) in [4.78, 5) is 20.8. The first-order valence-corrected chi connectivity index (χ1v) is 6.46. The van der Waals surface area contributed by atoms with Crippen molar-refractivity contribution in [3.05, 3.63) is 34.4 Å². The number of nitrogens with one attached hydrogen (secondary N) is 2. The quantitative estimate of drug-likeness (QED) is 0.596. The second kappa shape index (κ2) is 5.63. The zero-order valence-electron chi connectivity index (χ0n) is 10.2.